The molecule has 1 aliphatic rings. The van der Waals surface area contributed by atoms with Crippen LogP contribution in [0.3, 0.4) is 0 Å². The number of benzene rings is 1. The summed E-state index contributed by atoms with van der Waals surface area (Å²) in [5, 5.41) is 4.48. The van der Waals surface area contributed by atoms with Crippen LogP contribution in [0, 0.1) is 6.92 Å². The van der Waals surface area contributed by atoms with Gasteiger partial charge in [0.05, 0.1) is 0 Å². The number of nitrogens with one attached hydrogen (secondary N) is 1. The molecule has 28 heavy (non-hydrogen) atoms. The van der Waals surface area contributed by atoms with E-state index in [0.29, 0.717) is 12.6 Å². The summed E-state index contributed by atoms with van der Waals surface area (Å²) in [7, 11) is 6.12. The molecule has 0 spiro atoms. The predicted octanol–water partition coefficient (Wildman–Crippen LogP) is 2.62. The molecular formula is C22H35N5O. The molecule has 1 aliphatic heterocycles. The first kappa shape index (κ1) is 20.7. The van der Waals surface area contributed by atoms with Gasteiger partial charge in [0.2, 0.25) is 0 Å². The van der Waals surface area contributed by atoms with Crippen LogP contribution < -0.4 is 5.32 Å². The Kier molecular flexibility index (Phi) is 6.97. The van der Waals surface area contributed by atoms with E-state index in [0.717, 1.165) is 45.6 Å². The molecule has 0 aliphatic carbocycles. The van der Waals surface area contributed by atoms with Gasteiger partial charge in [-0.3, -0.25) is 0 Å². The minimum atomic E-state index is 0.0425. The highest BCUT2D eigenvalue weighted by atomic mass is 16.2. The zero-order valence-corrected chi connectivity index (χ0v) is 17.8. The van der Waals surface area contributed by atoms with Crippen LogP contribution in [-0.4, -0.2) is 85.2 Å². The number of carbonyl (C=O) groups is 1. The van der Waals surface area contributed by atoms with Gasteiger partial charge in [-0.1, -0.05) is 18.2 Å². The van der Waals surface area contributed by atoms with Crippen molar-refractivity contribution in [1.82, 2.24) is 24.6 Å². The Morgan fingerprint density at radius 1 is 1.11 bits per heavy atom. The molecule has 1 aromatic carbocycles. The van der Waals surface area contributed by atoms with E-state index in [9.17, 15) is 4.79 Å². The number of amides is 2. The summed E-state index contributed by atoms with van der Waals surface area (Å²) in [6, 6.07) is 11.0. The van der Waals surface area contributed by atoms with Crippen LogP contribution in [0.25, 0.3) is 10.9 Å². The fraction of sp³-hybridized carbons (Fsp3) is 0.591. The van der Waals surface area contributed by atoms with Crippen molar-refractivity contribution in [3.63, 3.8) is 0 Å². The topological polar surface area (TPSA) is 43.8 Å². The fourth-order valence-corrected chi connectivity index (χ4v) is 3.92. The van der Waals surface area contributed by atoms with Gasteiger partial charge in [-0.05, 0) is 51.4 Å². The molecule has 0 unspecified atom stereocenters. The van der Waals surface area contributed by atoms with Gasteiger partial charge in [0.25, 0.3) is 0 Å². The number of piperidine rings is 1. The van der Waals surface area contributed by atoms with Crippen molar-refractivity contribution >= 4 is 16.9 Å². The van der Waals surface area contributed by atoms with Gasteiger partial charge in [0, 0.05) is 63.6 Å². The molecule has 154 valence electrons. The van der Waals surface area contributed by atoms with Crippen molar-refractivity contribution < 1.29 is 4.79 Å². The van der Waals surface area contributed by atoms with Crippen LogP contribution in [0.4, 0.5) is 4.79 Å². The lowest BCUT2D eigenvalue weighted by Gasteiger charge is -2.33. The third-order valence-electron chi connectivity index (χ3n) is 5.80. The highest BCUT2D eigenvalue weighted by Crippen LogP contribution is 2.19. The lowest BCUT2D eigenvalue weighted by molar-refractivity contribution is 0.170. The number of urea groups is 1. The second-order valence-electron chi connectivity index (χ2n) is 8.29. The first-order chi connectivity index (χ1) is 13.4. The Balaban J connectivity index is 1.44. The molecule has 1 saturated heterocycles. The molecule has 1 N–H and O–H groups in total. The highest BCUT2D eigenvalue weighted by Gasteiger charge is 2.21. The zero-order valence-electron chi connectivity index (χ0n) is 17.8. The molecule has 0 saturated carbocycles. The zero-order chi connectivity index (χ0) is 20.1. The molecule has 0 radical (unpaired) electrons. The number of fused-ring (bicyclic) bond motifs is 1. The Morgan fingerprint density at radius 3 is 2.54 bits per heavy atom. The standard InChI is InChI=1S/C22H35N5O/c1-18-17-19-7-5-6-8-21(19)27(18)16-14-25(4)22(28)23-20-9-11-26(12-10-20)15-13-24(2)3/h5-8,17,20H,9-16H2,1-4H3,(H,23,28). The molecule has 6 nitrogen and oxygen atoms in total. The number of hydrogen-bond donors (Lipinski definition) is 1. The lowest BCUT2D eigenvalue weighted by atomic mass is 10.1. The van der Waals surface area contributed by atoms with Gasteiger partial charge >= 0.3 is 6.03 Å². The van der Waals surface area contributed by atoms with E-state index < -0.39 is 0 Å². The fourth-order valence-electron chi connectivity index (χ4n) is 3.92. The number of hydrogen-bond acceptors (Lipinski definition) is 3. The Labute approximate surface area is 169 Å². The molecule has 3 rings (SSSR count). The molecular weight excluding hydrogens is 350 g/mol. The number of aromatic nitrogens is 1. The monoisotopic (exact) mass is 385 g/mol. The van der Waals surface area contributed by atoms with Gasteiger partial charge in [-0.2, -0.15) is 0 Å². The van der Waals surface area contributed by atoms with Crippen molar-refractivity contribution in [2.45, 2.75) is 32.4 Å². The Morgan fingerprint density at radius 2 is 1.82 bits per heavy atom. The number of nitrogens with zero attached hydrogens (tertiary/aromatic N) is 4. The van der Waals surface area contributed by atoms with Crippen LogP contribution in [0.15, 0.2) is 30.3 Å². The van der Waals surface area contributed by atoms with Crippen molar-refractivity contribution in [2.75, 3.05) is 53.9 Å². The summed E-state index contributed by atoms with van der Waals surface area (Å²) in [4.78, 5) is 19.1. The maximum Gasteiger partial charge on any atom is 0.317 e. The first-order valence-corrected chi connectivity index (χ1v) is 10.4. The van der Waals surface area contributed by atoms with E-state index in [2.05, 4.69) is 71.0 Å². The summed E-state index contributed by atoms with van der Waals surface area (Å²) in [5.41, 5.74) is 2.47. The number of carbonyl (C=O) groups excluding carboxylic acids is 1. The third-order valence-corrected chi connectivity index (χ3v) is 5.80. The summed E-state index contributed by atoms with van der Waals surface area (Å²) >= 11 is 0. The van der Waals surface area contributed by atoms with Gasteiger partial charge in [0.15, 0.2) is 0 Å². The smallest absolute Gasteiger partial charge is 0.317 e. The van der Waals surface area contributed by atoms with Gasteiger partial charge in [0.1, 0.15) is 0 Å². The van der Waals surface area contributed by atoms with E-state index >= 15 is 0 Å². The van der Waals surface area contributed by atoms with Crippen molar-refractivity contribution in [3.8, 4) is 0 Å². The van der Waals surface area contributed by atoms with E-state index in [4.69, 9.17) is 0 Å². The number of para-hydroxylation sites is 1. The van der Waals surface area contributed by atoms with Crippen LogP contribution >= 0.6 is 0 Å². The number of aryl methyl sites for hydroxylation is 1. The van der Waals surface area contributed by atoms with Crippen LogP contribution in [0.2, 0.25) is 0 Å². The Bertz CT molecular complexity index is 776. The predicted molar refractivity (Wildman–Crippen MR) is 116 cm³/mol. The minimum absolute atomic E-state index is 0.0425. The molecule has 6 heteroatoms. The van der Waals surface area contributed by atoms with Crippen LogP contribution in [0.1, 0.15) is 18.5 Å². The quantitative estimate of drug-likeness (QED) is 0.797. The average Bonchev–Trinajstić information content (AvgIpc) is 3.00. The van der Waals surface area contributed by atoms with Crippen LogP contribution in [-0.2, 0) is 6.54 Å². The van der Waals surface area contributed by atoms with Gasteiger partial charge in [-0.25, -0.2) is 4.79 Å². The molecule has 2 heterocycles. The average molecular weight is 386 g/mol. The SMILES string of the molecule is Cc1cc2ccccc2n1CCN(C)C(=O)NC1CCN(CCN(C)C)CC1. The third kappa shape index (κ3) is 5.26. The number of rotatable bonds is 7. The minimum Gasteiger partial charge on any atom is -0.343 e. The van der Waals surface area contributed by atoms with Crippen molar-refractivity contribution in [2.24, 2.45) is 0 Å². The molecule has 2 amide bonds. The van der Waals surface area contributed by atoms with Gasteiger partial charge < -0.3 is 24.6 Å². The van der Waals surface area contributed by atoms with Gasteiger partial charge in [-0.15, -0.1) is 0 Å². The summed E-state index contributed by atoms with van der Waals surface area (Å²) in [5.74, 6) is 0. The molecule has 1 fully saturated rings. The van der Waals surface area contributed by atoms with E-state index in [1.165, 1.54) is 16.6 Å². The van der Waals surface area contributed by atoms with E-state index in [-0.39, 0.29) is 6.03 Å². The lowest BCUT2D eigenvalue weighted by Crippen LogP contribution is -2.49. The van der Waals surface area contributed by atoms with Crippen molar-refractivity contribution in [1.29, 1.82) is 0 Å². The maximum absolute atomic E-state index is 12.6. The number of likely N-dealkylation sites (N-methyl/N-ethyl adjacent to an activating group) is 2. The second kappa shape index (κ2) is 9.43. The van der Waals surface area contributed by atoms with E-state index in [1.54, 1.807) is 0 Å². The molecule has 0 bridgehead atoms. The molecule has 0 atom stereocenters. The highest BCUT2D eigenvalue weighted by molar-refractivity contribution is 5.81. The largest absolute Gasteiger partial charge is 0.343 e. The first-order valence-electron chi connectivity index (χ1n) is 10.4. The Hall–Kier alpha value is -2.05. The molecule has 1 aromatic heterocycles. The summed E-state index contributed by atoms with van der Waals surface area (Å²) < 4.78 is 2.29. The second-order valence-corrected chi connectivity index (χ2v) is 8.29. The summed E-state index contributed by atoms with van der Waals surface area (Å²) in [6.07, 6.45) is 2.07. The normalized spacial score (nSPS) is 16.0. The maximum atomic E-state index is 12.6. The summed E-state index contributed by atoms with van der Waals surface area (Å²) in [6.45, 7) is 7.97. The number of likely N-dealkylation sites (tertiary alicyclic amines) is 1. The van der Waals surface area contributed by atoms with E-state index in [1.807, 2.05) is 11.9 Å². The molecule has 2 aromatic rings. The van der Waals surface area contributed by atoms with Crippen LogP contribution in [0.5, 0.6) is 0 Å². The van der Waals surface area contributed by atoms with Crippen molar-refractivity contribution in [3.05, 3.63) is 36.0 Å².